The van der Waals surface area contributed by atoms with Crippen LogP contribution in [0.25, 0.3) is 23.0 Å². The molecular formula is C17H18FN5O. The molecule has 0 fully saturated rings. The van der Waals surface area contributed by atoms with Crippen molar-refractivity contribution in [3.63, 3.8) is 0 Å². The third-order valence-corrected chi connectivity index (χ3v) is 3.44. The molecule has 24 heavy (non-hydrogen) atoms. The van der Waals surface area contributed by atoms with Crippen LogP contribution in [-0.4, -0.2) is 26.9 Å². The average molecular weight is 327 g/mol. The Balaban J connectivity index is 1.69. The van der Waals surface area contributed by atoms with E-state index >= 15 is 0 Å². The Kier molecular flexibility index (Phi) is 4.79. The van der Waals surface area contributed by atoms with Gasteiger partial charge in [0.1, 0.15) is 11.6 Å². The molecule has 0 bridgehead atoms. The van der Waals surface area contributed by atoms with Gasteiger partial charge in [0.2, 0.25) is 5.82 Å². The number of benzene rings is 1. The highest BCUT2D eigenvalue weighted by Crippen LogP contribution is 2.21. The molecule has 0 saturated heterocycles. The number of rotatable bonds is 6. The van der Waals surface area contributed by atoms with Gasteiger partial charge in [0.05, 0.1) is 0 Å². The fourth-order valence-corrected chi connectivity index (χ4v) is 2.07. The van der Waals surface area contributed by atoms with Gasteiger partial charge in [0.15, 0.2) is 5.69 Å². The standard InChI is InChI=1S/C17H18FN5O/c1-11(2)9-10-19-15-8-7-14(21-22-15)17-20-16(23-24-17)12-3-5-13(18)6-4-12/h3-8,11H,9-10H2,1-2H3,(H,19,22). The summed E-state index contributed by atoms with van der Waals surface area (Å²) in [6.07, 6.45) is 1.06. The molecule has 3 aromatic rings. The van der Waals surface area contributed by atoms with Gasteiger partial charge in [-0.1, -0.05) is 19.0 Å². The minimum Gasteiger partial charge on any atom is -0.369 e. The van der Waals surface area contributed by atoms with Gasteiger partial charge < -0.3 is 9.84 Å². The van der Waals surface area contributed by atoms with E-state index in [0.29, 0.717) is 28.8 Å². The van der Waals surface area contributed by atoms with Crippen molar-refractivity contribution in [3.05, 3.63) is 42.2 Å². The predicted octanol–water partition coefficient (Wildman–Crippen LogP) is 3.79. The van der Waals surface area contributed by atoms with Gasteiger partial charge in [-0.25, -0.2) is 4.39 Å². The summed E-state index contributed by atoms with van der Waals surface area (Å²) in [5.74, 6) is 1.68. The molecule has 0 unspecified atom stereocenters. The quantitative estimate of drug-likeness (QED) is 0.742. The minimum absolute atomic E-state index is 0.274. The molecule has 0 amide bonds. The van der Waals surface area contributed by atoms with Crippen LogP contribution in [0, 0.1) is 11.7 Å². The summed E-state index contributed by atoms with van der Waals surface area (Å²) in [5.41, 5.74) is 1.16. The van der Waals surface area contributed by atoms with Crippen LogP contribution in [0.3, 0.4) is 0 Å². The van der Waals surface area contributed by atoms with E-state index in [0.717, 1.165) is 13.0 Å². The molecule has 3 rings (SSSR count). The van der Waals surface area contributed by atoms with Crippen LogP contribution in [0.1, 0.15) is 20.3 Å². The highest BCUT2D eigenvalue weighted by atomic mass is 19.1. The van der Waals surface area contributed by atoms with Crippen LogP contribution in [0.15, 0.2) is 40.9 Å². The summed E-state index contributed by atoms with van der Waals surface area (Å²) in [6.45, 7) is 5.19. The first-order valence-electron chi connectivity index (χ1n) is 7.79. The zero-order valence-corrected chi connectivity index (χ0v) is 13.5. The number of nitrogens with zero attached hydrogens (tertiary/aromatic N) is 4. The lowest BCUT2D eigenvalue weighted by Crippen LogP contribution is -2.06. The summed E-state index contributed by atoms with van der Waals surface area (Å²) in [4.78, 5) is 4.27. The van der Waals surface area contributed by atoms with E-state index in [1.807, 2.05) is 6.07 Å². The monoisotopic (exact) mass is 327 g/mol. The van der Waals surface area contributed by atoms with Crippen LogP contribution in [0.5, 0.6) is 0 Å². The number of anilines is 1. The number of hydrogen-bond acceptors (Lipinski definition) is 6. The van der Waals surface area contributed by atoms with Crippen molar-refractivity contribution in [2.75, 3.05) is 11.9 Å². The Morgan fingerprint density at radius 2 is 1.88 bits per heavy atom. The Labute approximate surface area is 139 Å². The second kappa shape index (κ2) is 7.16. The van der Waals surface area contributed by atoms with Gasteiger partial charge in [-0.3, -0.25) is 0 Å². The average Bonchev–Trinajstić information content (AvgIpc) is 3.06. The first-order valence-corrected chi connectivity index (χ1v) is 7.79. The zero-order valence-electron chi connectivity index (χ0n) is 13.5. The molecule has 2 aromatic heterocycles. The molecular weight excluding hydrogens is 309 g/mol. The fraction of sp³-hybridized carbons (Fsp3) is 0.294. The lowest BCUT2D eigenvalue weighted by molar-refractivity contribution is 0.430. The molecule has 0 radical (unpaired) electrons. The highest BCUT2D eigenvalue weighted by Gasteiger charge is 2.12. The lowest BCUT2D eigenvalue weighted by atomic mass is 10.1. The van der Waals surface area contributed by atoms with Crippen molar-refractivity contribution < 1.29 is 8.91 Å². The van der Waals surface area contributed by atoms with Gasteiger partial charge >= 0.3 is 0 Å². The van der Waals surface area contributed by atoms with Crippen LogP contribution in [-0.2, 0) is 0 Å². The van der Waals surface area contributed by atoms with Crippen LogP contribution in [0.2, 0.25) is 0 Å². The molecule has 2 heterocycles. The van der Waals surface area contributed by atoms with E-state index in [-0.39, 0.29) is 11.7 Å². The Morgan fingerprint density at radius 1 is 1.08 bits per heavy atom. The van der Waals surface area contributed by atoms with E-state index in [4.69, 9.17) is 4.52 Å². The molecule has 0 aliphatic carbocycles. The van der Waals surface area contributed by atoms with Crippen molar-refractivity contribution in [2.45, 2.75) is 20.3 Å². The van der Waals surface area contributed by atoms with Crippen molar-refractivity contribution >= 4 is 5.82 Å². The normalized spacial score (nSPS) is 11.0. The second-order valence-electron chi connectivity index (χ2n) is 5.84. The van der Waals surface area contributed by atoms with Crippen LogP contribution < -0.4 is 5.32 Å². The fourth-order valence-electron chi connectivity index (χ4n) is 2.07. The highest BCUT2D eigenvalue weighted by molar-refractivity contribution is 5.57. The summed E-state index contributed by atoms with van der Waals surface area (Å²) in [7, 11) is 0. The summed E-state index contributed by atoms with van der Waals surface area (Å²) in [5, 5.41) is 15.3. The van der Waals surface area contributed by atoms with Crippen molar-refractivity contribution in [3.8, 4) is 23.0 Å². The first-order chi connectivity index (χ1) is 11.6. The third-order valence-electron chi connectivity index (χ3n) is 3.44. The topological polar surface area (TPSA) is 76.7 Å². The smallest absolute Gasteiger partial charge is 0.278 e. The Bertz CT molecular complexity index is 784. The van der Waals surface area contributed by atoms with Crippen LogP contribution in [0.4, 0.5) is 10.2 Å². The first kappa shape index (κ1) is 16.0. The molecule has 7 heteroatoms. The second-order valence-corrected chi connectivity index (χ2v) is 5.84. The number of aromatic nitrogens is 4. The number of halogens is 1. The molecule has 6 nitrogen and oxygen atoms in total. The van der Waals surface area contributed by atoms with Crippen LogP contribution >= 0.6 is 0 Å². The van der Waals surface area contributed by atoms with Crippen molar-refractivity contribution in [1.82, 2.24) is 20.3 Å². The largest absolute Gasteiger partial charge is 0.369 e. The van der Waals surface area contributed by atoms with Gasteiger partial charge in [0, 0.05) is 12.1 Å². The minimum atomic E-state index is -0.311. The third kappa shape index (κ3) is 3.92. The molecule has 0 aliphatic rings. The molecule has 124 valence electrons. The van der Waals surface area contributed by atoms with E-state index in [1.165, 1.54) is 12.1 Å². The van der Waals surface area contributed by atoms with Gasteiger partial charge in [-0.15, -0.1) is 10.2 Å². The maximum atomic E-state index is 13.0. The van der Waals surface area contributed by atoms with Crippen molar-refractivity contribution in [2.24, 2.45) is 5.92 Å². The predicted molar refractivity (Wildman–Crippen MR) is 88.7 cm³/mol. The number of nitrogens with one attached hydrogen (secondary N) is 1. The van der Waals surface area contributed by atoms with Crippen molar-refractivity contribution in [1.29, 1.82) is 0 Å². The Morgan fingerprint density at radius 3 is 2.54 bits per heavy atom. The Hall–Kier alpha value is -2.83. The molecule has 0 aliphatic heterocycles. The molecule has 0 saturated carbocycles. The molecule has 1 aromatic carbocycles. The lowest BCUT2D eigenvalue weighted by Gasteiger charge is -2.06. The maximum absolute atomic E-state index is 13.0. The summed E-state index contributed by atoms with van der Waals surface area (Å²) in [6, 6.07) is 9.48. The zero-order chi connectivity index (χ0) is 16.9. The molecule has 0 atom stereocenters. The van der Waals surface area contributed by atoms with E-state index in [9.17, 15) is 4.39 Å². The van der Waals surface area contributed by atoms with E-state index in [2.05, 4.69) is 39.5 Å². The molecule has 0 spiro atoms. The van der Waals surface area contributed by atoms with Gasteiger partial charge in [-0.05, 0) is 48.7 Å². The number of hydrogen-bond donors (Lipinski definition) is 1. The van der Waals surface area contributed by atoms with E-state index in [1.54, 1.807) is 18.2 Å². The maximum Gasteiger partial charge on any atom is 0.278 e. The van der Waals surface area contributed by atoms with E-state index < -0.39 is 0 Å². The summed E-state index contributed by atoms with van der Waals surface area (Å²) >= 11 is 0. The van der Waals surface area contributed by atoms with Gasteiger partial charge in [-0.2, -0.15) is 4.98 Å². The van der Waals surface area contributed by atoms with Gasteiger partial charge in [0.25, 0.3) is 5.89 Å². The SMILES string of the molecule is CC(C)CCNc1ccc(-c2nc(-c3ccc(F)cc3)no2)nn1. The molecule has 1 N–H and O–H groups in total. The summed E-state index contributed by atoms with van der Waals surface area (Å²) < 4.78 is 18.2.